The zero-order chi connectivity index (χ0) is 17.2. The Kier molecular flexibility index (Phi) is 4.46. The molecule has 0 radical (unpaired) electrons. The Hall–Kier alpha value is -2.51. The predicted molar refractivity (Wildman–Crippen MR) is 84.3 cm³/mol. The summed E-state index contributed by atoms with van der Waals surface area (Å²) < 4.78 is 39.2. The highest BCUT2D eigenvalue weighted by molar-refractivity contribution is 5.58. The van der Waals surface area contributed by atoms with E-state index in [-0.39, 0.29) is 23.6 Å². The fraction of sp³-hybridized carbons (Fsp3) is 0.375. The third kappa shape index (κ3) is 4.06. The number of nitrogens with zero attached hydrogens (tertiary/aromatic N) is 2. The molecule has 5 nitrogen and oxygen atoms in total. The van der Waals surface area contributed by atoms with Gasteiger partial charge in [-0.2, -0.15) is 18.2 Å². The van der Waals surface area contributed by atoms with Crippen molar-refractivity contribution in [2.75, 3.05) is 10.6 Å². The second-order valence-corrected chi connectivity index (χ2v) is 5.76. The molecule has 1 aliphatic rings. The lowest BCUT2D eigenvalue weighted by molar-refractivity contribution is -0.141. The van der Waals surface area contributed by atoms with Crippen LogP contribution in [0.25, 0.3) is 0 Å². The Morgan fingerprint density at radius 2 is 1.71 bits per heavy atom. The molecule has 1 fully saturated rings. The van der Waals surface area contributed by atoms with E-state index in [4.69, 9.17) is 0 Å². The summed E-state index contributed by atoms with van der Waals surface area (Å²) in [6.07, 6.45) is -0.647. The molecule has 1 aromatic carbocycles. The van der Waals surface area contributed by atoms with Gasteiger partial charge in [0.15, 0.2) is 5.69 Å². The summed E-state index contributed by atoms with van der Waals surface area (Å²) in [5, 5.41) is 15.1. The first-order valence-electron chi connectivity index (χ1n) is 7.69. The van der Waals surface area contributed by atoms with Gasteiger partial charge in [0.1, 0.15) is 11.6 Å². The molecule has 24 heavy (non-hydrogen) atoms. The maximum Gasteiger partial charge on any atom is 0.433 e. The van der Waals surface area contributed by atoms with Gasteiger partial charge in [-0.3, -0.25) is 0 Å². The van der Waals surface area contributed by atoms with Crippen LogP contribution in [-0.4, -0.2) is 21.1 Å². The van der Waals surface area contributed by atoms with E-state index in [2.05, 4.69) is 20.6 Å². The zero-order valence-corrected chi connectivity index (χ0v) is 12.8. The van der Waals surface area contributed by atoms with Gasteiger partial charge in [-0.1, -0.05) is 12.8 Å². The van der Waals surface area contributed by atoms with Crippen molar-refractivity contribution in [3.05, 3.63) is 36.0 Å². The number of benzene rings is 1. The summed E-state index contributed by atoms with van der Waals surface area (Å²) in [7, 11) is 0. The average Bonchev–Trinajstić information content (AvgIpc) is 3.01. The molecule has 1 saturated carbocycles. The molecular formula is C16H17F3N4O. The van der Waals surface area contributed by atoms with Crippen LogP contribution in [-0.2, 0) is 6.18 Å². The van der Waals surface area contributed by atoms with Crippen molar-refractivity contribution >= 4 is 17.5 Å². The van der Waals surface area contributed by atoms with Crippen LogP contribution in [0.3, 0.4) is 0 Å². The number of phenols is 1. The smallest absolute Gasteiger partial charge is 0.433 e. The maximum atomic E-state index is 13.1. The van der Waals surface area contributed by atoms with Crippen molar-refractivity contribution in [1.82, 2.24) is 9.97 Å². The topological polar surface area (TPSA) is 70.1 Å². The van der Waals surface area contributed by atoms with Crippen molar-refractivity contribution in [1.29, 1.82) is 0 Å². The summed E-state index contributed by atoms with van der Waals surface area (Å²) >= 11 is 0. The van der Waals surface area contributed by atoms with Crippen LogP contribution >= 0.6 is 0 Å². The van der Waals surface area contributed by atoms with Gasteiger partial charge >= 0.3 is 6.18 Å². The van der Waals surface area contributed by atoms with Crippen molar-refractivity contribution in [2.45, 2.75) is 37.9 Å². The van der Waals surface area contributed by atoms with Crippen molar-refractivity contribution in [2.24, 2.45) is 0 Å². The summed E-state index contributed by atoms with van der Waals surface area (Å²) in [6.45, 7) is 0. The van der Waals surface area contributed by atoms with Crippen LogP contribution in [0.15, 0.2) is 30.3 Å². The van der Waals surface area contributed by atoms with Gasteiger partial charge in [-0.15, -0.1) is 0 Å². The number of rotatable bonds is 4. The van der Waals surface area contributed by atoms with E-state index in [1.807, 2.05) is 0 Å². The maximum absolute atomic E-state index is 13.1. The van der Waals surface area contributed by atoms with Gasteiger partial charge in [0, 0.05) is 17.8 Å². The van der Waals surface area contributed by atoms with Gasteiger partial charge in [-0.25, -0.2) is 4.98 Å². The fourth-order valence-electron chi connectivity index (χ4n) is 2.67. The SMILES string of the molecule is Oc1ccc(Nc2cc(C(F)(F)F)nc(NC3CCCC3)n2)cc1. The lowest BCUT2D eigenvalue weighted by atomic mass is 10.2. The Morgan fingerprint density at radius 1 is 1.04 bits per heavy atom. The van der Waals surface area contributed by atoms with Crippen LogP contribution in [0.2, 0.25) is 0 Å². The first kappa shape index (κ1) is 16.4. The number of aromatic hydroxyl groups is 1. The monoisotopic (exact) mass is 338 g/mol. The standard InChI is InChI=1S/C16H17F3N4O/c17-16(18,19)13-9-14(20-11-5-7-12(24)8-6-11)23-15(22-13)21-10-3-1-2-4-10/h5-10,24H,1-4H2,(H2,20,21,22,23). The summed E-state index contributed by atoms with van der Waals surface area (Å²) in [5.74, 6) is 0.0873. The molecule has 0 saturated heterocycles. The van der Waals surface area contributed by atoms with E-state index in [0.717, 1.165) is 31.7 Å². The number of nitrogens with one attached hydrogen (secondary N) is 2. The second kappa shape index (κ2) is 6.54. The molecule has 1 aliphatic carbocycles. The number of anilines is 3. The highest BCUT2D eigenvalue weighted by Gasteiger charge is 2.34. The van der Waals surface area contributed by atoms with Crippen LogP contribution in [0.1, 0.15) is 31.4 Å². The number of halogens is 3. The number of hydrogen-bond acceptors (Lipinski definition) is 5. The predicted octanol–water partition coefficient (Wildman–Crippen LogP) is 4.30. The van der Waals surface area contributed by atoms with Crippen LogP contribution in [0, 0.1) is 0 Å². The van der Waals surface area contributed by atoms with Gasteiger partial charge in [0.05, 0.1) is 0 Å². The zero-order valence-electron chi connectivity index (χ0n) is 12.8. The fourth-order valence-corrected chi connectivity index (χ4v) is 2.67. The van der Waals surface area contributed by atoms with Crippen LogP contribution in [0.5, 0.6) is 5.75 Å². The molecule has 0 aliphatic heterocycles. The van der Waals surface area contributed by atoms with E-state index in [1.165, 1.54) is 12.1 Å². The molecule has 2 aromatic rings. The van der Waals surface area contributed by atoms with E-state index in [1.54, 1.807) is 12.1 Å². The Labute approximate surface area is 137 Å². The van der Waals surface area contributed by atoms with E-state index in [0.29, 0.717) is 5.69 Å². The van der Waals surface area contributed by atoms with Gasteiger partial charge < -0.3 is 15.7 Å². The molecule has 1 aromatic heterocycles. The highest BCUT2D eigenvalue weighted by Crippen LogP contribution is 2.31. The van der Waals surface area contributed by atoms with Crippen molar-refractivity contribution in [3.8, 4) is 5.75 Å². The summed E-state index contributed by atoms with van der Waals surface area (Å²) in [4.78, 5) is 7.73. The Bertz CT molecular complexity index is 697. The first-order chi connectivity index (χ1) is 11.4. The van der Waals surface area contributed by atoms with Crippen molar-refractivity contribution in [3.63, 3.8) is 0 Å². The van der Waals surface area contributed by atoms with E-state index < -0.39 is 11.9 Å². The van der Waals surface area contributed by atoms with E-state index >= 15 is 0 Å². The quantitative estimate of drug-likeness (QED) is 0.725. The van der Waals surface area contributed by atoms with Gasteiger partial charge in [-0.05, 0) is 37.1 Å². The minimum atomic E-state index is -4.56. The summed E-state index contributed by atoms with van der Waals surface area (Å²) in [6, 6.07) is 6.95. The Balaban J connectivity index is 1.87. The molecular weight excluding hydrogens is 321 g/mol. The lowest BCUT2D eigenvalue weighted by Crippen LogP contribution is -2.19. The minimum Gasteiger partial charge on any atom is -0.508 e. The van der Waals surface area contributed by atoms with Crippen molar-refractivity contribution < 1.29 is 18.3 Å². The number of alkyl halides is 3. The van der Waals surface area contributed by atoms with Crippen LogP contribution in [0.4, 0.5) is 30.6 Å². The normalized spacial score (nSPS) is 15.5. The molecule has 0 atom stereocenters. The molecule has 8 heteroatoms. The van der Waals surface area contributed by atoms with Crippen LogP contribution < -0.4 is 10.6 Å². The highest BCUT2D eigenvalue weighted by atomic mass is 19.4. The first-order valence-corrected chi connectivity index (χ1v) is 7.69. The Morgan fingerprint density at radius 3 is 2.33 bits per heavy atom. The largest absolute Gasteiger partial charge is 0.508 e. The number of phenolic OH excluding ortho intramolecular Hbond substituents is 1. The third-order valence-electron chi connectivity index (χ3n) is 3.84. The molecule has 3 rings (SSSR count). The lowest BCUT2D eigenvalue weighted by Gasteiger charge is -2.15. The number of aromatic nitrogens is 2. The number of hydrogen-bond donors (Lipinski definition) is 3. The van der Waals surface area contributed by atoms with Gasteiger partial charge in [0.25, 0.3) is 0 Å². The minimum absolute atomic E-state index is 0.0296. The molecule has 0 amide bonds. The average molecular weight is 338 g/mol. The molecule has 128 valence electrons. The second-order valence-electron chi connectivity index (χ2n) is 5.76. The molecule has 1 heterocycles. The third-order valence-corrected chi connectivity index (χ3v) is 3.84. The van der Waals surface area contributed by atoms with Gasteiger partial charge in [0.2, 0.25) is 5.95 Å². The molecule has 0 spiro atoms. The van der Waals surface area contributed by atoms with E-state index in [9.17, 15) is 18.3 Å². The summed E-state index contributed by atoms with van der Waals surface area (Å²) in [5.41, 5.74) is -0.481. The molecule has 0 bridgehead atoms. The molecule has 0 unspecified atom stereocenters. The molecule has 3 N–H and O–H groups in total.